The fraction of sp³-hybridized carbons (Fsp3) is 0.300. The van der Waals surface area contributed by atoms with E-state index in [9.17, 15) is 13.2 Å². The fourth-order valence-corrected chi connectivity index (χ4v) is 7.72. The van der Waals surface area contributed by atoms with Gasteiger partial charge in [0.2, 0.25) is 0 Å². The molecule has 4 rings (SSSR count). The van der Waals surface area contributed by atoms with Crippen LogP contribution in [0.2, 0.25) is 0 Å². The molecule has 1 fully saturated rings. The molecule has 0 bridgehead atoms. The van der Waals surface area contributed by atoms with Gasteiger partial charge in [-0.1, -0.05) is 39.3 Å². The molecule has 3 aromatic rings. The van der Waals surface area contributed by atoms with Gasteiger partial charge in [0.1, 0.15) is 4.21 Å². The van der Waals surface area contributed by atoms with Crippen LogP contribution in [0.15, 0.2) is 49.4 Å². The quantitative estimate of drug-likeness (QED) is 0.489. The number of nitrogens with zero attached hydrogens (tertiary/aromatic N) is 3. The molecule has 1 aliphatic rings. The van der Waals surface area contributed by atoms with Crippen molar-refractivity contribution >= 4 is 64.8 Å². The number of carbonyl (C=O) groups excluding carboxylic acids is 1. The predicted octanol–water partition coefficient (Wildman–Crippen LogP) is 3.69. The molecule has 1 saturated heterocycles. The number of hydrogen-bond donors (Lipinski definition) is 0. The van der Waals surface area contributed by atoms with Gasteiger partial charge in [0.25, 0.3) is 15.9 Å². The van der Waals surface area contributed by atoms with Crippen molar-refractivity contribution in [2.24, 2.45) is 10.9 Å². The summed E-state index contributed by atoms with van der Waals surface area (Å²) in [5.74, 6) is 1.84. The van der Waals surface area contributed by atoms with Crippen LogP contribution in [0.3, 0.4) is 0 Å². The number of aromatic nitrogens is 1. The topological polar surface area (TPSA) is 71.7 Å². The Morgan fingerprint density at radius 1 is 1.37 bits per heavy atom. The van der Waals surface area contributed by atoms with Crippen LogP contribution in [0.1, 0.15) is 12.8 Å². The summed E-state index contributed by atoms with van der Waals surface area (Å²) >= 11 is 6.04. The normalized spacial score (nSPS) is 18.5. The van der Waals surface area contributed by atoms with E-state index in [1.54, 1.807) is 17.5 Å². The molecule has 30 heavy (non-hydrogen) atoms. The van der Waals surface area contributed by atoms with Crippen LogP contribution in [0.5, 0.6) is 0 Å². The van der Waals surface area contributed by atoms with E-state index in [-0.39, 0.29) is 12.5 Å². The number of amides is 1. The Labute approximate surface area is 191 Å². The maximum absolute atomic E-state index is 13.0. The third kappa shape index (κ3) is 4.18. The Morgan fingerprint density at radius 3 is 2.93 bits per heavy atom. The van der Waals surface area contributed by atoms with Gasteiger partial charge in [-0.2, -0.15) is 9.30 Å². The first-order valence-electron chi connectivity index (χ1n) is 9.25. The molecule has 1 aliphatic heterocycles. The number of fused-ring (bicyclic) bond motifs is 1. The summed E-state index contributed by atoms with van der Waals surface area (Å²) in [6, 6.07) is 9.12. The number of terminal acetylenes is 1. The van der Waals surface area contributed by atoms with Gasteiger partial charge in [-0.05, 0) is 42.5 Å². The molecular weight excluding hydrogens is 506 g/mol. The average molecular weight is 524 g/mol. The monoisotopic (exact) mass is 523 g/mol. The molecule has 6 nitrogen and oxygen atoms in total. The maximum atomic E-state index is 13.0. The van der Waals surface area contributed by atoms with Crippen molar-refractivity contribution in [3.8, 4) is 12.3 Å². The second-order valence-corrected chi connectivity index (χ2v) is 11.9. The number of halogens is 1. The zero-order valence-corrected chi connectivity index (χ0v) is 19.9. The van der Waals surface area contributed by atoms with Crippen molar-refractivity contribution in [1.82, 2.24) is 8.87 Å². The van der Waals surface area contributed by atoms with Crippen LogP contribution < -0.4 is 4.80 Å². The van der Waals surface area contributed by atoms with Gasteiger partial charge in [0.15, 0.2) is 4.80 Å². The highest BCUT2D eigenvalue weighted by atomic mass is 79.9. The van der Waals surface area contributed by atoms with E-state index in [1.165, 1.54) is 27.0 Å². The number of thiazole rings is 1. The maximum Gasteiger partial charge on any atom is 0.252 e. The molecule has 1 unspecified atom stereocenters. The zero-order chi connectivity index (χ0) is 21.3. The summed E-state index contributed by atoms with van der Waals surface area (Å²) in [5, 5.41) is 1.73. The van der Waals surface area contributed by atoms with Gasteiger partial charge in [-0.25, -0.2) is 8.42 Å². The lowest BCUT2D eigenvalue weighted by atomic mass is 9.99. The van der Waals surface area contributed by atoms with E-state index < -0.39 is 15.9 Å². The lowest BCUT2D eigenvalue weighted by Gasteiger charge is -2.29. The number of piperidine rings is 1. The first-order valence-corrected chi connectivity index (χ1v) is 13.2. The summed E-state index contributed by atoms with van der Waals surface area (Å²) in [7, 11) is -3.58. The van der Waals surface area contributed by atoms with Crippen molar-refractivity contribution in [3.63, 3.8) is 0 Å². The van der Waals surface area contributed by atoms with Crippen molar-refractivity contribution in [2.45, 2.75) is 23.6 Å². The van der Waals surface area contributed by atoms with Gasteiger partial charge in [0.05, 0.1) is 22.7 Å². The van der Waals surface area contributed by atoms with Gasteiger partial charge < -0.3 is 4.57 Å². The Kier molecular flexibility index (Phi) is 6.27. The molecule has 0 spiro atoms. The summed E-state index contributed by atoms with van der Waals surface area (Å²) in [6.07, 6.45) is 6.76. The number of rotatable bonds is 4. The number of carbonyl (C=O) groups is 1. The van der Waals surface area contributed by atoms with E-state index in [0.29, 0.717) is 34.9 Å². The molecule has 0 N–H and O–H groups in total. The highest BCUT2D eigenvalue weighted by Gasteiger charge is 2.33. The summed E-state index contributed by atoms with van der Waals surface area (Å²) in [6.45, 7) is 0.865. The fourth-order valence-electron chi connectivity index (χ4n) is 3.46. The Hall–Kier alpha value is -1.77. The van der Waals surface area contributed by atoms with E-state index >= 15 is 0 Å². The smallest absolute Gasteiger partial charge is 0.252 e. The number of benzene rings is 1. The minimum Gasteiger partial charge on any atom is -0.305 e. The largest absolute Gasteiger partial charge is 0.305 e. The minimum atomic E-state index is -3.58. The second-order valence-electron chi connectivity index (χ2n) is 6.87. The van der Waals surface area contributed by atoms with Crippen molar-refractivity contribution in [3.05, 3.63) is 45.0 Å². The summed E-state index contributed by atoms with van der Waals surface area (Å²) in [5.41, 5.74) is 0.915. The molecule has 10 heteroatoms. The number of thiophene rings is 1. The van der Waals surface area contributed by atoms with E-state index in [2.05, 4.69) is 26.8 Å². The minimum absolute atomic E-state index is 0.147. The number of sulfonamides is 1. The Balaban J connectivity index is 1.64. The average Bonchev–Trinajstić information content (AvgIpc) is 3.37. The van der Waals surface area contributed by atoms with Crippen molar-refractivity contribution < 1.29 is 13.2 Å². The van der Waals surface area contributed by atoms with Crippen LogP contribution in [0.4, 0.5) is 0 Å². The molecule has 156 valence electrons. The van der Waals surface area contributed by atoms with Gasteiger partial charge >= 0.3 is 0 Å². The summed E-state index contributed by atoms with van der Waals surface area (Å²) < 4.78 is 31.1. The van der Waals surface area contributed by atoms with E-state index in [0.717, 1.165) is 14.7 Å². The van der Waals surface area contributed by atoms with Crippen LogP contribution in [0, 0.1) is 18.3 Å². The second kappa shape index (κ2) is 8.77. The Morgan fingerprint density at radius 2 is 2.20 bits per heavy atom. The van der Waals surface area contributed by atoms with Gasteiger partial charge in [0, 0.05) is 17.6 Å². The molecule has 0 radical (unpaired) electrons. The molecule has 3 heterocycles. The van der Waals surface area contributed by atoms with Crippen LogP contribution in [0.25, 0.3) is 10.2 Å². The van der Waals surface area contributed by atoms with Gasteiger partial charge in [-0.15, -0.1) is 17.8 Å². The SMILES string of the molecule is C#CCn1c(=NC(=O)C2CCCN(S(=O)(=O)c3cccs3)C2)sc2cc(Br)ccc21. The first kappa shape index (κ1) is 21.5. The first-order chi connectivity index (χ1) is 14.4. The van der Waals surface area contributed by atoms with E-state index in [4.69, 9.17) is 6.42 Å². The highest BCUT2D eigenvalue weighted by Crippen LogP contribution is 2.27. The number of hydrogen-bond acceptors (Lipinski definition) is 5. The molecule has 1 atom stereocenters. The predicted molar refractivity (Wildman–Crippen MR) is 123 cm³/mol. The lowest BCUT2D eigenvalue weighted by molar-refractivity contribution is -0.122. The third-order valence-corrected chi connectivity index (χ3v) is 9.70. The molecule has 1 amide bonds. The highest BCUT2D eigenvalue weighted by molar-refractivity contribution is 9.10. The van der Waals surface area contributed by atoms with Crippen LogP contribution >= 0.6 is 38.6 Å². The van der Waals surface area contributed by atoms with Crippen LogP contribution in [-0.4, -0.2) is 36.3 Å². The zero-order valence-electron chi connectivity index (χ0n) is 15.8. The standard InChI is InChI=1S/C20H18BrN3O3S3/c1-2-9-24-16-8-7-15(21)12-17(16)29-20(24)22-19(25)14-5-3-10-23(13-14)30(26,27)18-6-4-11-28-18/h1,4,6-8,11-12,14H,3,5,9-10,13H2. The van der Waals surface area contributed by atoms with Crippen molar-refractivity contribution in [1.29, 1.82) is 0 Å². The molecule has 0 aliphatic carbocycles. The molecule has 1 aromatic carbocycles. The molecule has 0 saturated carbocycles. The van der Waals surface area contributed by atoms with Crippen LogP contribution in [-0.2, 0) is 21.4 Å². The van der Waals surface area contributed by atoms with E-state index in [1.807, 2.05) is 22.8 Å². The van der Waals surface area contributed by atoms with Gasteiger partial charge in [-0.3, -0.25) is 4.79 Å². The Bertz CT molecular complexity index is 1300. The lowest BCUT2D eigenvalue weighted by Crippen LogP contribution is -2.42. The molecule has 2 aromatic heterocycles. The summed E-state index contributed by atoms with van der Waals surface area (Å²) in [4.78, 5) is 17.9. The third-order valence-electron chi connectivity index (χ3n) is 4.92. The van der Waals surface area contributed by atoms with Crippen molar-refractivity contribution in [2.75, 3.05) is 13.1 Å². The molecular formula is C20H18BrN3O3S3.